The maximum absolute atomic E-state index is 13.9. The van der Waals surface area contributed by atoms with E-state index in [1.807, 2.05) is 0 Å². The number of allylic oxidation sites excluding steroid dienone is 4. The molecule has 2 unspecified atom stereocenters. The summed E-state index contributed by atoms with van der Waals surface area (Å²) in [6.45, 7) is 9.23. The minimum Gasteiger partial charge on any atom is -0.473 e. The fourth-order valence-electron chi connectivity index (χ4n) is 3.21. The molecule has 4 nitrogen and oxygen atoms in total. The normalized spacial score (nSPS) is 22.9. The second-order valence-electron chi connectivity index (χ2n) is 6.71. The summed E-state index contributed by atoms with van der Waals surface area (Å²) < 4.78 is 48.9. The van der Waals surface area contributed by atoms with Gasteiger partial charge in [-0.2, -0.15) is 18.3 Å². The Bertz CT molecular complexity index is 733. The van der Waals surface area contributed by atoms with Gasteiger partial charge in [0.15, 0.2) is 0 Å². The average molecular weight is 381 g/mol. The molecule has 148 valence electrons. The Hall–Kier alpha value is -2.28. The molecule has 0 saturated heterocycles. The Morgan fingerprint density at radius 3 is 2.74 bits per heavy atom. The SMILES string of the molecule is C=C/C=C(\C=C)COc1cc(CNC)nn1CC1(C(F)(F)F)C=CCC1C. The van der Waals surface area contributed by atoms with Gasteiger partial charge in [0.2, 0.25) is 5.88 Å². The molecule has 7 heteroatoms. The number of ether oxygens (including phenoxy) is 1. The molecular formula is C20H26F3N3O. The van der Waals surface area contributed by atoms with Crippen molar-refractivity contribution < 1.29 is 17.9 Å². The third-order valence-electron chi connectivity index (χ3n) is 4.86. The van der Waals surface area contributed by atoms with Crippen LogP contribution in [-0.4, -0.2) is 29.6 Å². The molecule has 1 aromatic heterocycles. The highest BCUT2D eigenvalue weighted by molar-refractivity contribution is 5.24. The van der Waals surface area contributed by atoms with Gasteiger partial charge in [0.25, 0.3) is 0 Å². The number of nitrogens with zero attached hydrogens (tertiary/aromatic N) is 2. The standard InChI is InChI=1S/C20H26F3N3O/c1-5-8-16(6-2)13-27-18-11-17(12-24-4)25-26(18)14-19(20(21,22)23)10-7-9-15(19)3/h5-8,10-11,15,24H,1-2,9,12-14H2,3-4H3/b16-8+. The molecule has 1 aromatic rings. The van der Waals surface area contributed by atoms with Crippen LogP contribution in [0.2, 0.25) is 0 Å². The fraction of sp³-hybridized carbons (Fsp3) is 0.450. The summed E-state index contributed by atoms with van der Waals surface area (Å²) in [7, 11) is 1.75. The maximum Gasteiger partial charge on any atom is 0.399 e. The lowest BCUT2D eigenvalue weighted by atomic mass is 9.78. The number of alkyl halides is 3. The highest BCUT2D eigenvalue weighted by Gasteiger charge is 2.58. The van der Waals surface area contributed by atoms with E-state index in [9.17, 15) is 13.2 Å². The minimum atomic E-state index is -4.37. The van der Waals surface area contributed by atoms with Gasteiger partial charge in [0, 0.05) is 12.6 Å². The van der Waals surface area contributed by atoms with Crippen LogP contribution in [0.1, 0.15) is 19.0 Å². The Kier molecular flexibility index (Phi) is 6.70. The van der Waals surface area contributed by atoms with E-state index in [1.165, 1.54) is 10.8 Å². The number of hydrogen-bond acceptors (Lipinski definition) is 3. The molecule has 0 radical (unpaired) electrons. The van der Waals surface area contributed by atoms with Crippen LogP contribution in [0.25, 0.3) is 0 Å². The highest BCUT2D eigenvalue weighted by Crippen LogP contribution is 2.51. The summed E-state index contributed by atoms with van der Waals surface area (Å²) >= 11 is 0. The largest absolute Gasteiger partial charge is 0.473 e. The molecule has 0 saturated carbocycles. The lowest BCUT2D eigenvalue weighted by Gasteiger charge is -2.35. The second kappa shape index (κ2) is 8.61. The Balaban J connectivity index is 2.34. The van der Waals surface area contributed by atoms with Gasteiger partial charge >= 0.3 is 6.18 Å². The number of aromatic nitrogens is 2. The maximum atomic E-state index is 13.9. The zero-order chi connectivity index (χ0) is 20.1. The van der Waals surface area contributed by atoms with E-state index >= 15 is 0 Å². The van der Waals surface area contributed by atoms with Crippen molar-refractivity contribution in [2.45, 2.75) is 32.6 Å². The first-order valence-electron chi connectivity index (χ1n) is 8.80. The molecule has 1 aliphatic rings. The van der Waals surface area contributed by atoms with E-state index in [2.05, 4.69) is 23.6 Å². The van der Waals surface area contributed by atoms with Crippen LogP contribution < -0.4 is 10.1 Å². The zero-order valence-electron chi connectivity index (χ0n) is 15.7. The monoisotopic (exact) mass is 381 g/mol. The van der Waals surface area contributed by atoms with E-state index in [0.717, 1.165) is 5.57 Å². The van der Waals surface area contributed by atoms with Gasteiger partial charge in [0.05, 0.1) is 12.2 Å². The van der Waals surface area contributed by atoms with Crippen molar-refractivity contribution in [1.82, 2.24) is 15.1 Å². The predicted molar refractivity (Wildman–Crippen MR) is 100 cm³/mol. The van der Waals surface area contributed by atoms with Gasteiger partial charge in [-0.15, -0.1) is 0 Å². The molecule has 0 spiro atoms. The van der Waals surface area contributed by atoms with Crippen LogP contribution in [0.4, 0.5) is 13.2 Å². The van der Waals surface area contributed by atoms with Crippen molar-refractivity contribution in [3.05, 3.63) is 60.9 Å². The molecule has 0 bridgehead atoms. The van der Waals surface area contributed by atoms with E-state index in [-0.39, 0.29) is 13.2 Å². The van der Waals surface area contributed by atoms with Crippen LogP contribution in [0.5, 0.6) is 5.88 Å². The topological polar surface area (TPSA) is 39.1 Å². The molecule has 1 N–H and O–H groups in total. The summed E-state index contributed by atoms with van der Waals surface area (Å²) in [5.74, 6) is -0.264. The molecule has 0 fully saturated rings. The first kappa shape index (κ1) is 21.0. The molecule has 2 atom stereocenters. The molecule has 0 aromatic carbocycles. The van der Waals surface area contributed by atoms with Crippen LogP contribution in [-0.2, 0) is 13.1 Å². The van der Waals surface area contributed by atoms with Gasteiger partial charge in [-0.1, -0.05) is 50.5 Å². The zero-order valence-corrected chi connectivity index (χ0v) is 15.7. The third-order valence-corrected chi connectivity index (χ3v) is 4.86. The summed E-state index contributed by atoms with van der Waals surface area (Å²) in [5, 5.41) is 7.29. The van der Waals surface area contributed by atoms with Crippen LogP contribution in [0.15, 0.2) is 55.2 Å². The van der Waals surface area contributed by atoms with E-state index in [1.54, 1.807) is 44.3 Å². The van der Waals surface area contributed by atoms with Crippen molar-refractivity contribution in [3.63, 3.8) is 0 Å². The van der Waals surface area contributed by atoms with Crippen molar-refractivity contribution in [3.8, 4) is 5.88 Å². The Labute approximate surface area is 158 Å². The summed E-state index contributed by atoms with van der Waals surface area (Å²) in [5.41, 5.74) is -0.563. The van der Waals surface area contributed by atoms with Gasteiger partial charge in [0.1, 0.15) is 12.0 Å². The number of halogens is 3. The van der Waals surface area contributed by atoms with Gasteiger partial charge in [-0.25, -0.2) is 4.68 Å². The average Bonchev–Trinajstić information content (AvgIpc) is 3.16. The number of hydrogen-bond donors (Lipinski definition) is 1. The Morgan fingerprint density at radius 2 is 2.22 bits per heavy atom. The molecule has 27 heavy (non-hydrogen) atoms. The van der Waals surface area contributed by atoms with Crippen LogP contribution in [0, 0.1) is 11.3 Å². The van der Waals surface area contributed by atoms with E-state index in [0.29, 0.717) is 24.5 Å². The molecule has 1 heterocycles. The molecule has 0 amide bonds. The summed E-state index contributed by atoms with van der Waals surface area (Å²) in [6.07, 6.45) is 3.85. The third kappa shape index (κ3) is 4.53. The van der Waals surface area contributed by atoms with E-state index < -0.39 is 17.5 Å². The molecule has 0 aliphatic heterocycles. The Morgan fingerprint density at radius 1 is 1.48 bits per heavy atom. The van der Waals surface area contributed by atoms with Gasteiger partial charge in [-0.3, -0.25) is 0 Å². The van der Waals surface area contributed by atoms with Gasteiger partial charge < -0.3 is 10.1 Å². The van der Waals surface area contributed by atoms with Crippen molar-refractivity contribution in [2.75, 3.05) is 13.7 Å². The van der Waals surface area contributed by atoms with E-state index in [4.69, 9.17) is 4.74 Å². The van der Waals surface area contributed by atoms with Crippen LogP contribution in [0.3, 0.4) is 0 Å². The lowest BCUT2D eigenvalue weighted by molar-refractivity contribution is -0.224. The molecule has 2 rings (SSSR count). The number of rotatable bonds is 9. The first-order valence-corrected chi connectivity index (χ1v) is 8.80. The summed E-state index contributed by atoms with van der Waals surface area (Å²) in [4.78, 5) is 0. The highest BCUT2D eigenvalue weighted by atomic mass is 19.4. The molecule has 1 aliphatic carbocycles. The fourth-order valence-corrected chi connectivity index (χ4v) is 3.21. The van der Waals surface area contributed by atoms with Crippen molar-refractivity contribution in [2.24, 2.45) is 11.3 Å². The first-order chi connectivity index (χ1) is 12.8. The molecular weight excluding hydrogens is 355 g/mol. The predicted octanol–water partition coefficient (Wildman–Crippen LogP) is 4.42. The lowest BCUT2D eigenvalue weighted by Crippen LogP contribution is -2.43. The minimum absolute atomic E-state index is 0.171. The smallest absolute Gasteiger partial charge is 0.399 e. The summed E-state index contributed by atoms with van der Waals surface area (Å²) in [6, 6.07) is 1.67. The van der Waals surface area contributed by atoms with Crippen molar-refractivity contribution >= 4 is 0 Å². The van der Waals surface area contributed by atoms with Gasteiger partial charge in [-0.05, 0) is 25.0 Å². The number of nitrogens with one attached hydrogen (secondary N) is 1. The second-order valence-corrected chi connectivity index (χ2v) is 6.71. The van der Waals surface area contributed by atoms with Crippen LogP contribution >= 0.6 is 0 Å². The van der Waals surface area contributed by atoms with Crippen molar-refractivity contribution in [1.29, 1.82) is 0 Å². The quantitative estimate of drug-likeness (QED) is 0.508.